The van der Waals surface area contributed by atoms with E-state index in [1.807, 2.05) is 0 Å². The Morgan fingerprint density at radius 1 is 1.50 bits per heavy atom. The quantitative estimate of drug-likeness (QED) is 0.802. The van der Waals surface area contributed by atoms with E-state index in [9.17, 15) is 4.79 Å². The fourth-order valence-electron chi connectivity index (χ4n) is 2.10. The summed E-state index contributed by atoms with van der Waals surface area (Å²) in [6.07, 6.45) is 1.97. The van der Waals surface area contributed by atoms with Gasteiger partial charge < -0.3 is 10.6 Å². The molecular formula is C12H25ClN2O. The van der Waals surface area contributed by atoms with E-state index in [1.165, 1.54) is 0 Å². The first-order chi connectivity index (χ1) is 6.95. The van der Waals surface area contributed by atoms with E-state index in [0.29, 0.717) is 0 Å². The van der Waals surface area contributed by atoms with Gasteiger partial charge in [-0.25, -0.2) is 0 Å². The lowest BCUT2D eigenvalue weighted by molar-refractivity contribution is -0.125. The van der Waals surface area contributed by atoms with Gasteiger partial charge in [-0.1, -0.05) is 27.7 Å². The van der Waals surface area contributed by atoms with Gasteiger partial charge in [0.25, 0.3) is 0 Å². The second kappa shape index (κ2) is 6.45. The molecule has 1 unspecified atom stereocenters. The highest BCUT2D eigenvalue weighted by molar-refractivity contribution is 5.85. The number of hydrogen-bond donors (Lipinski definition) is 2. The maximum absolute atomic E-state index is 11.9. The van der Waals surface area contributed by atoms with Gasteiger partial charge in [-0.2, -0.15) is 0 Å². The molecule has 2 N–H and O–H groups in total. The van der Waals surface area contributed by atoms with Gasteiger partial charge in [0, 0.05) is 12.6 Å². The predicted octanol–water partition coefficient (Wildman–Crippen LogP) is 1.96. The van der Waals surface area contributed by atoms with Crippen LogP contribution in [0.1, 0.15) is 40.5 Å². The van der Waals surface area contributed by atoms with E-state index < -0.39 is 0 Å². The summed E-state index contributed by atoms with van der Waals surface area (Å²) in [5.41, 5.74) is 0.149. The highest BCUT2D eigenvalue weighted by atomic mass is 35.5. The smallest absolute Gasteiger partial charge is 0.224 e. The molecule has 1 rings (SSSR count). The number of rotatable bonds is 3. The summed E-state index contributed by atoms with van der Waals surface area (Å²) in [5, 5.41) is 6.39. The third-order valence-corrected chi connectivity index (χ3v) is 3.20. The maximum atomic E-state index is 11.9. The summed E-state index contributed by atoms with van der Waals surface area (Å²) in [4.78, 5) is 11.9. The molecule has 0 spiro atoms. The predicted molar refractivity (Wildman–Crippen MR) is 69.9 cm³/mol. The zero-order valence-electron chi connectivity index (χ0n) is 10.8. The van der Waals surface area contributed by atoms with E-state index in [2.05, 4.69) is 38.3 Å². The van der Waals surface area contributed by atoms with Crippen molar-refractivity contribution in [3.8, 4) is 0 Å². The van der Waals surface area contributed by atoms with Crippen molar-refractivity contribution in [3.05, 3.63) is 0 Å². The van der Waals surface area contributed by atoms with Crippen molar-refractivity contribution >= 4 is 18.3 Å². The van der Waals surface area contributed by atoms with Crippen molar-refractivity contribution in [3.63, 3.8) is 0 Å². The first-order valence-corrected chi connectivity index (χ1v) is 5.96. The molecule has 3 nitrogen and oxygen atoms in total. The molecule has 0 aliphatic carbocycles. The van der Waals surface area contributed by atoms with Crippen LogP contribution in [0.4, 0.5) is 0 Å². The number of carbonyl (C=O) groups excluding carboxylic acids is 1. The van der Waals surface area contributed by atoms with Gasteiger partial charge in [0.1, 0.15) is 0 Å². The van der Waals surface area contributed by atoms with Gasteiger partial charge in [-0.15, -0.1) is 12.4 Å². The van der Waals surface area contributed by atoms with E-state index in [4.69, 9.17) is 0 Å². The fraction of sp³-hybridized carbons (Fsp3) is 0.917. The second-order valence-electron chi connectivity index (χ2n) is 5.53. The lowest BCUT2D eigenvalue weighted by Crippen LogP contribution is -2.46. The molecule has 16 heavy (non-hydrogen) atoms. The summed E-state index contributed by atoms with van der Waals surface area (Å²) in [6.45, 7) is 10.5. The van der Waals surface area contributed by atoms with Gasteiger partial charge in [-0.05, 0) is 24.8 Å². The minimum atomic E-state index is 0. The van der Waals surface area contributed by atoms with E-state index in [-0.39, 0.29) is 35.7 Å². The molecular weight excluding hydrogens is 224 g/mol. The van der Waals surface area contributed by atoms with Crippen LogP contribution in [-0.4, -0.2) is 25.0 Å². The molecule has 0 radical (unpaired) electrons. The molecule has 1 heterocycles. The third-order valence-electron chi connectivity index (χ3n) is 3.20. The van der Waals surface area contributed by atoms with Crippen molar-refractivity contribution in [1.82, 2.24) is 10.6 Å². The monoisotopic (exact) mass is 248 g/mol. The van der Waals surface area contributed by atoms with Gasteiger partial charge in [0.05, 0.1) is 5.92 Å². The molecule has 96 valence electrons. The zero-order valence-corrected chi connectivity index (χ0v) is 11.6. The van der Waals surface area contributed by atoms with Gasteiger partial charge in [0.2, 0.25) is 5.91 Å². The molecule has 0 aromatic rings. The Labute approximate surface area is 105 Å². The minimum Gasteiger partial charge on any atom is -0.353 e. The van der Waals surface area contributed by atoms with Crippen LogP contribution in [0, 0.1) is 11.3 Å². The topological polar surface area (TPSA) is 41.1 Å². The highest BCUT2D eigenvalue weighted by Crippen LogP contribution is 2.22. The van der Waals surface area contributed by atoms with Crippen LogP contribution in [-0.2, 0) is 4.79 Å². The van der Waals surface area contributed by atoms with Crippen LogP contribution in [0.2, 0.25) is 0 Å². The highest BCUT2D eigenvalue weighted by Gasteiger charge is 2.28. The molecule has 2 atom stereocenters. The van der Waals surface area contributed by atoms with Gasteiger partial charge >= 0.3 is 0 Å². The molecule has 0 aromatic carbocycles. The first kappa shape index (κ1) is 15.7. The van der Waals surface area contributed by atoms with Crippen LogP contribution >= 0.6 is 12.4 Å². The summed E-state index contributed by atoms with van der Waals surface area (Å²) in [5.74, 6) is 0.406. The SMILES string of the molecule is CCC(NC(=O)[C@@H]1CCNC1)C(C)(C)C.Cl. The van der Waals surface area contributed by atoms with Crippen LogP contribution < -0.4 is 10.6 Å². The molecule has 1 saturated heterocycles. The largest absolute Gasteiger partial charge is 0.353 e. The molecule has 0 bridgehead atoms. The van der Waals surface area contributed by atoms with Crippen molar-refractivity contribution < 1.29 is 4.79 Å². The summed E-state index contributed by atoms with van der Waals surface area (Å²) < 4.78 is 0. The van der Waals surface area contributed by atoms with Crippen molar-refractivity contribution in [2.75, 3.05) is 13.1 Å². The normalized spacial score (nSPS) is 22.4. The Balaban J connectivity index is 0.00000225. The Morgan fingerprint density at radius 3 is 2.50 bits per heavy atom. The average Bonchev–Trinajstić information content (AvgIpc) is 2.64. The number of nitrogens with one attached hydrogen (secondary N) is 2. The summed E-state index contributed by atoms with van der Waals surface area (Å²) >= 11 is 0. The lowest BCUT2D eigenvalue weighted by atomic mass is 9.85. The van der Waals surface area contributed by atoms with Crippen LogP contribution in [0.5, 0.6) is 0 Å². The Morgan fingerprint density at radius 2 is 2.12 bits per heavy atom. The Bertz CT molecular complexity index is 220. The standard InChI is InChI=1S/C12H24N2O.ClH/c1-5-10(12(2,3)4)14-11(15)9-6-7-13-8-9;/h9-10,13H,5-8H2,1-4H3,(H,14,15);1H/t9-,10?;/m1./s1. The van der Waals surface area contributed by atoms with Crippen molar-refractivity contribution in [2.45, 2.75) is 46.6 Å². The molecule has 0 saturated carbocycles. The fourth-order valence-corrected chi connectivity index (χ4v) is 2.10. The van der Waals surface area contributed by atoms with Crippen LogP contribution in [0.25, 0.3) is 0 Å². The van der Waals surface area contributed by atoms with E-state index >= 15 is 0 Å². The van der Waals surface area contributed by atoms with E-state index in [1.54, 1.807) is 0 Å². The average molecular weight is 249 g/mol. The first-order valence-electron chi connectivity index (χ1n) is 5.96. The Kier molecular flexibility index (Phi) is 6.34. The van der Waals surface area contributed by atoms with E-state index in [0.717, 1.165) is 25.9 Å². The lowest BCUT2D eigenvalue weighted by Gasteiger charge is -2.31. The van der Waals surface area contributed by atoms with Crippen molar-refractivity contribution in [2.24, 2.45) is 11.3 Å². The minimum absolute atomic E-state index is 0. The molecule has 0 aromatic heterocycles. The van der Waals surface area contributed by atoms with Crippen molar-refractivity contribution in [1.29, 1.82) is 0 Å². The molecule has 1 fully saturated rings. The second-order valence-corrected chi connectivity index (χ2v) is 5.53. The Hall–Kier alpha value is -0.280. The number of carbonyl (C=O) groups is 1. The zero-order chi connectivity index (χ0) is 11.5. The number of amides is 1. The number of halogens is 1. The van der Waals surface area contributed by atoms with Crippen LogP contribution in [0.15, 0.2) is 0 Å². The summed E-state index contributed by atoms with van der Waals surface area (Å²) in [6, 6.07) is 0.283. The van der Waals surface area contributed by atoms with Crippen LogP contribution in [0.3, 0.4) is 0 Å². The molecule has 4 heteroatoms. The van der Waals surface area contributed by atoms with Gasteiger partial charge in [0.15, 0.2) is 0 Å². The third kappa shape index (κ3) is 4.30. The maximum Gasteiger partial charge on any atom is 0.224 e. The molecule has 1 aliphatic heterocycles. The molecule has 1 amide bonds. The summed E-state index contributed by atoms with van der Waals surface area (Å²) in [7, 11) is 0. The number of hydrogen-bond acceptors (Lipinski definition) is 2. The molecule has 1 aliphatic rings. The van der Waals surface area contributed by atoms with Gasteiger partial charge in [-0.3, -0.25) is 4.79 Å².